The van der Waals surface area contributed by atoms with E-state index in [1.165, 1.54) is 0 Å². The molecule has 0 radical (unpaired) electrons. The molecular weight excluding hydrogens is 506 g/mol. The molecule has 1 N–H and O–H groups in total. The van der Waals surface area contributed by atoms with Crippen molar-refractivity contribution < 1.29 is 14.3 Å². The number of fused-ring (bicyclic) bond motifs is 4. The van der Waals surface area contributed by atoms with Gasteiger partial charge in [-0.05, 0) is 52.7 Å². The van der Waals surface area contributed by atoms with E-state index in [0.717, 1.165) is 56.1 Å². The van der Waals surface area contributed by atoms with Gasteiger partial charge in [-0.25, -0.2) is 5.01 Å². The summed E-state index contributed by atoms with van der Waals surface area (Å²) in [5.74, 6) is 0.262. The van der Waals surface area contributed by atoms with Gasteiger partial charge in [-0.2, -0.15) is 5.10 Å². The number of benzene rings is 4. The van der Waals surface area contributed by atoms with Crippen LogP contribution in [0.1, 0.15) is 34.7 Å². The van der Waals surface area contributed by atoms with Crippen LogP contribution in [-0.2, 0) is 6.61 Å². The Hall–Kier alpha value is -4.49. The van der Waals surface area contributed by atoms with E-state index >= 15 is 0 Å². The van der Waals surface area contributed by atoms with E-state index in [0.29, 0.717) is 13.0 Å². The van der Waals surface area contributed by atoms with Crippen LogP contribution in [-0.4, -0.2) is 21.8 Å². The van der Waals surface area contributed by atoms with Crippen LogP contribution in [0.3, 0.4) is 0 Å². The molecule has 2 atom stereocenters. The first-order valence-electron chi connectivity index (χ1n) is 12.9. The lowest BCUT2D eigenvalue weighted by molar-refractivity contribution is -0.0949. The Bertz CT molecular complexity index is 1610. The molecule has 1 spiro atoms. The molecule has 1 amide bonds. The van der Waals surface area contributed by atoms with E-state index in [2.05, 4.69) is 23.5 Å². The number of carbonyl (C=O) groups excluding carboxylic acids is 1. The highest BCUT2D eigenvalue weighted by Gasteiger charge is 2.58. The molecule has 6 nitrogen and oxygen atoms in total. The number of rotatable bonds is 5. The van der Waals surface area contributed by atoms with Crippen molar-refractivity contribution in [3.63, 3.8) is 0 Å². The summed E-state index contributed by atoms with van der Waals surface area (Å²) in [4.78, 5) is 13.7. The maximum absolute atomic E-state index is 12.9. The fourth-order valence-corrected chi connectivity index (χ4v) is 6.17. The van der Waals surface area contributed by atoms with Gasteiger partial charge in [-0.3, -0.25) is 10.1 Å². The third kappa shape index (κ3) is 4.34. The van der Waals surface area contributed by atoms with Crippen molar-refractivity contribution in [2.24, 2.45) is 5.10 Å². The third-order valence-corrected chi connectivity index (χ3v) is 7.99. The molecule has 3 aliphatic rings. The number of nitrogens with one attached hydrogen (secondary N) is 1. The van der Waals surface area contributed by atoms with Crippen LogP contribution in [0, 0.1) is 0 Å². The molecule has 4 aromatic carbocycles. The molecule has 4 aromatic rings. The standard InChI is InChI=1S/C32H25N3O3S/c36-31-33-32(30(39-31)19-23-12-9-15-25(18-23)37-21-22-10-3-1-4-11-22)35-28(26-16-7-8-17-29(26)38-32)20-27(34-35)24-13-5-2-6-14-24/h1-19,28H,20-21H2,(H,33,36)/b30-19-/t28-,32-/m0/s1. The molecule has 3 heterocycles. The molecule has 0 aromatic heterocycles. The number of carbonyl (C=O) groups is 1. The van der Waals surface area contributed by atoms with Crippen molar-refractivity contribution in [2.45, 2.75) is 24.9 Å². The predicted octanol–water partition coefficient (Wildman–Crippen LogP) is 6.96. The van der Waals surface area contributed by atoms with Gasteiger partial charge in [-0.15, -0.1) is 0 Å². The minimum atomic E-state index is -1.24. The Morgan fingerprint density at radius 1 is 0.974 bits per heavy atom. The molecule has 1 saturated heterocycles. The second-order valence-corrected chi connectivity index (χ2v) is 10.6. The Morgan fingerprint density at radius 3 is 2.59 bits per heavy atom. The smallest absolute Gasteiger partial charge is 0.314 e. The minimum absolute atomic E-state index is 0.0758. The van der Waals surface area contributed by atoms with Crippen molar-refractivity contribution in [3.05, 3.63) is 136 Å². The normalized spacial score (nSPS) is 22.2. The molecule has 0 unspecified atom stereocenters. The highest BCUT2D eigenvalue weighted by atomic mass is 32.2. The van der Waals surface area contributed by atoms with Crippen molar-refractivity contribution in [2.75, 3.05) is 0 Å². The van der Waals surface area contributed by atoms with Gasteiger partial charge >= 0.3 is 5.85 Å². The maximum Gasteiger partial charge on any atom is 0.314 e. The maximum atomic E-state index is 12.9. The minimum Gasteiger partial charge on any atom is -0.489 e. The number of hydrazone groups is 1. The van der Waals surface area contributed by atoms with E-state index in [9.17, 15) is 4.79 Å². The summed E-state index contributed by atoms with van der Waals surface area (Å²) in [6.45, 7) is 0.478. The first-order valence-corrected chi connectivity index (χ1v) is 13.7. The van der Waals surface area contributed by atoms with Crippen LogP contribution in [0.25, 0.3) is 6.08 Å². The highest BCUT2D eigenvalue weighted by Crippen LogP contribution is 2.52. The summed E-state index contributed by atoms with van der Waals surface area (Å²) in [7, 11) is 0. The van der Waals surface area contributed by atoms with Crippen LogP contribution in [0.15, 0.2) is 119 Å². The molecule has 3 aliphatic heterocycles. The first kappa shape index (κ1) is 23.6. The van der Waals surface area contributed by atoms with Crippen LogP contribution in [0.4, 0.5) is 4.79 Å². The van der Waals surface area contributed by atoms with E-state index < -0.39 is 5.85 Å². The Kier molecular flexibility index (Phi) is 5.86. The van der Waals surface area contributed by atoms with Gasteiger partial charge in [0.25, 0.3) is 5.24 Å². The molecule has 0 saturated carbocycles. The summed E-state index contributed by atoms with van der Waals surface area (Å²) in [5.41, 5.74) is 5.08. The summed E-state index contributed by atoms with van der Waals surface area (Å²) in [6, 6.07) is 36.0. The zero-order chi connectivity index (χ0) is 26.2. The zero-order valence-corrected chi connectivity index (χ0v) is 21.8. The molecular formula is C32H25N3O3S. The van der Waals surface area contributed by atoms with Crippen LogP contribution in [0.5, 0.6) is 11.5 Å². The molecule has 39 heavy (non-hydrogen) atoms. The summed E-state index contributed by atoms with van der Waals surface area (Å²) in [5, 5.41) is 9.91. The molecule has 0 bridgehead atoms. The number of nitrogens with zero attached hydrogens (tertiary/aromatic N) is 2. The Morgan fingerprint density at radius 2 is 1.74 bits per heavy atom. The zero-order valence-electron chi connectivity index (χ0n) is 21.0. The van der Waals surface area contributed by atoms with Crippen molar-refractivity contribution in [1.82, 2.24) is 10.3 Å². The third-order valence-electron chi connectivity index (χ3n) is 7.09. The monoisotopic (exact) mass is 531 g/mol. The topological polar surface area (TPSA) is 63.2 Å². The molecule has 0 aliphatic carbocycles. The fraction of sp³-hybridized carbons (Fsp3) is 0.125. The van der Waals surface area contributed by atoms with E-state index in [4.69, 9.17) is 14.6 Å². The summed E-state index contributed by atoms with van der Waals surface area (Å²) in [6.07, 6.45) is 2.70. The average molecular weight is 532 g/mol. The van der Waals surface area contributed by atoms with E-state index in [-0.39, 0.29) is 11.3 Å². The van der Waals surface area contributed by atoms with Gasteiger partial charge < -0.3 is 9.47 Å². The number of amides is 1. The quantitative estimate of drug-likeness (QED) is 0.302. The van der Waals surface area contributed by atoms with Crippen molar-refractivity contribution in [1.29, 1.82) is 0 Å². The van der Waals surface area contributed by atoms with Gasteiger partial charge in [0.05, 0.1) is 16.7 Å². The number of ether oxygens (including phenoxy) is 2. The summed E-state index contributed by atoms with van der Waals surface area (Å²) < 4.78 is 12.7. The lowest BCUT2D eigenvalue weighted by Crippen LogP contribution is -2.61. The van der Waals surface area contributed by atoms with E-state index in [1.807, 2.05) is 102 Å². The number of hydrogen-bond donors (Lipinski definition) is 1. The molecule has 7 rings (SSSR count). The summed E-state index contributed by atoms with van der Waals surface area (Å²) >= 11 is 1.14. The molecule has 1 fully saturated rings. The van der Waals surface area contributed by atoms with Crippen LogP contribution in [0.2, 0.25) is 0 Å². The lowest BCUT2D eigenvalue weighted by Gasteiger charge is -2.45. The van der Waals surface area contributed by atoms with Gasteiger partial charge in [0.15, 0.2) is 0 Å². The Balaban J connectivity index is 1.26. The Labute approximate surface area is 231 Å². The van der Waals surface area contributed by atoms with Crippen molar-refractivity contribution in [3.8, 4) is 11.5 Å². The van der Waals surface area contributed by atoms with Gasteiger partial charge in [0.1, 0.15) is 18.1 Å². The first-order chi connectivity index (χ1) is 19.2. The van der Waals surface area contributed by atoms with Gasteiger partial charge in [0, 0.05) is 12.0 Å². The number of hydrogen-bond acceptors (Lipinski definition) is 6. The highest BCUT2D eigenvalue weighted by molar-refractivity contribution is 8.17. The van der Waals surface area contributed by atoms with Crippen molar-refractivity contribution >= 4 is 28.8 Å². The van der Waals surface area contributed by atoms with E-state index in [1.54, 1.807) is 0 Å². The number of thioether (sulfide) groups is 1. The second kappa shape index (κ2) is 9.67. The molecule has 7 heteroatoms. The lowest BCUT2D eigenvalue weighted by atomic mass is 9.95. The van der Waals surface area contributed by atoms with Crippen LogP contribution < -0.4 is 14.8 Å². The molecule has 192 valence electrons. The fourth-order valence-electron chi connectivity index (χ4n) is 5.26. The predicted molar refractivity (Wildman–Crippen MR) is 153 cm³/mol. The van der Waals surface area contributed by atoms with Crippen LogP contribution >= 0.6 is 11.8 Å². The average Bonchev–Trinajstić information content (AvgIpc) is 3.56. The SMILES string of the molecule is O=C1N[C@@]2(Oc3ccccc3[C@@H]3CC(c4ccccc4)=NN32)/C(=C/c2cccc(OCc3ccccc3)c2)S1. The van der Waals surface area contributed by atoms with Gasteiger partial charge in [-0.1, -0.05) is 91.0 Å². The second-order valence-electron chi connectivity index (χ2n) is 9.63. The van der Waals surface area contributed by atoms with Gasteiger partial charge in [0.2, 0.25) is 0 Å². The number of para-hydroxylation sites is 1. The largest absolute Gasteiger partial charge is 0.489 e.